The molecule has 0 amide bonds. The molecule has 2 aromatic rings. The number of hydrogen-bond donors (Lipinski definition) is 0. The third-order valence-corrected chi connectivity index (χ3v) is 5.43. The Kier molecular flexibility index (Phi) is 4.68. The largest absolute Gasteiger partial charge is 0.416 e. The Morgan fingerprint density at radius 3 is 1.75 bits per heavy atom. The Labute approximate surface area is 139 Å². The van der Waals surface area contributed by atoms with Crippen LogP contribution in [0.25, 0.3) is 0 Å². The van der Waals surface area contributed by atoms with Gasteiger partial charge in [0, 0.05) is 5.54 Å². The molecule has 0 radical (unpaired) electrons. The molecule has 0 unspecified atom stereocenters. The minimum absolute atomic E-state index is 0.186. The van der Waals surface area contributed by atoms with Crippen LogP contribution in [0.3, 0.4) is 0 Å². The van der Waals surface area contributed by atoms with Crippen molar-refractivity contribution in [1.82, 2.24) is 0 Å². The standard InChI is InChI=1S/C17H18F3NO2S/c1-16(2,3)21(14-7-5-4-6-8-14)24(22,23)15-11-9-13(10-12-15)17(18,19)20/h4-12H,1-3H3. The zero-order chi connectivity index (χ0) is 18.2. The molecule has 0 aliphatic heterocycles. The fourth-order valence-electron chi connectivity index (χ4n) is 2.37. The first-order valence-electron chi connectivity index (χ1n) is 7.22. The normalized spacial score (nSPS) is 12.9. The Morgan fingerprint density at radius 1 is 0.833 bits per heavy atom. The fourth-order valence-corrected chi connectivity index (χ4v) is 4.18. The molecule has 0 spiro atoms. The van der Waals surface area contributed by atoms with Gasteiger partial charge in [0.25, 0.3) is 10.0 Å². The lowest BCUT2D eigenvalue weighted by atomic mass is 10.1. The number of alkyl halides is 3. The van der Waals surface area contributed by atoms with Gasteiger partial charge in [-0.2, -0.15) is 13.2 Å². The molecule has 0 saturated carbocycles. The number of anilines is 1. The maximum Gasteiger partial charge on any atom is 0.416 e. The topological polar surface area (TPSA) is 37.4 Å². The SMILES string of the molecule is CC(C)(C)N(c1ccccc1)S(=O)(=O)c1ccc(C(F)(F)F)cc1. The summed E-state index contributed by atoms with van der Waals surface area (Å²) in [7, 11) is -4.01. The van der Waals surface area contributed by atoms with E-state index in [9.17, 15) is 21.6 Å². The smallest absolute Gasteiger partial charge is 0.261 e. The molecule has 0 fully saturated rings. The van der Waals surface area contributed by atoms with Gasteiger partial charge in [-0.25, -0.2) is 8.42 Å². The van der Waals surface area contributed by atoms with Crippen molar-refractivity contribution in [2.75, 3.05) is 4.31 Å². The quantitative estimate of drug-likeness (QED) is 0.798. The fraction of sp³-hybridized carbons (Fsp3) is 0.294. The molecule has 7 heteroatoms. The van der Waals surface area contributed by atoms with Crippen molar-refractivity contribution in [3.63, 3.8) is 0 Å². The van der Waals surface area contributed by atoms with Gasteiger partial charge in [0.15, 0.2) is 0 Å². The number of benzene rings is 2. The molecule has 0 aliphatic carbocycles. The lowest BCUT2D eigenvalue weighted by Gasteiger charge is -2.36. The summed E-state index contributed by atoms with van der Waals surface area (Å²) in [4.78, 5) is -0.186. The summed E-state index contributed by atoms with van der Waals surface area (Å²) in [5.74, 6) is 0. The van der Waals surface area contributed by atoms with Crippen LogP contribution in [0.4, 0.5) is 18.9 Å². The van der Waals surface area contributed by atoms with Crippen LogP contribution >= 0.6 is 0 Å². The molecule has 0 atom stereocenters. The molecule has 3 nitrogen and oxygen atoms in total. The second-order valence-electron chi connectivity index (χ2n) is 6.30. The summed E-state index contributed by atoms with van der Waals surface area (Å²) in [6.45, 7) is 5.17. The van der Waals surface area contributed by atoms with Gasteiger partial charge >= 0.3 is 6.18 Å². The highest BCUT2D eigenvalue weighted by atomic mass is 32.2. The number of hydrogen-bond acceptors (Lipinski definition) is 2. The Morgan fingerprint density at radius 2 is 1.33 bits per heavy atom. The summed E-state index contributed by atoms with van der Waals surface area (Å²) < 4.78 is 65.2. The molecular formula is C17H18F3NO2S. The monoisotopic (exact) mass is 357 g/mol. The first-order valence-corrected chi connectivity index (χ1v) is 8.66. The predicted octanol–water partition coefficient (Wildman–Crippen LogP) is 4.70. The van der Waals surface area contributed by atoms with Crippen LogP contribution in [-0.4, -0.2) is 14.0 Å². The number of para-hydroxylation sites is 1. The molecule has 24 heavy (non-hydrogen) atoms. The molecule has 0 bridgehead atoms. The Bertz CT molecular complexity index is 792. The molecule has 0 aromatic heterocycles. The first-order chi connectivity index (χ1) is 10.9. The second-order valence-corrected chi connectivity index (χ2v) is 8.08. The van der Waals surface area contributed by atoms with Crippen LogP contribution in [-0.2, 0) is 16.2 Å². The molecular weight excluding hydrogens is 339 g/mol. The van der Waals surface area contributed by atoms with Crippen LogP contribution in [0, 0.1) is 0 Å². The highest BCUT2D eigenvalue weighted by Crippen LogP contribution is 2.33. The summed E-state index contributed by atoms with van der Waals surface area (Å²) in [6.07, 6.45) is -4.51. The van der Waals surface area contributed by atoms with Crippen molar-refractivity contribution in [2.45, 2.75) is 37.4 Å². The van der Waals surface area contributed by atoms with E-state index in [0.717, 1.165) is 24.3 Å². The van der Waals surface area contributed by atoms with Gasteiger partial charge in [0.1, 0.15) is 0 Å². The van der Waals surface area contributed by atoms with Crippen LogP contribution in [0.2, 0.25) is 0 Å². The number of nitrogens with zero attached hydrogens (tertiary/aromatic N) is 1. The number of rotatable bonds is 3. The molecule has 2 rings (SSSR count). The van der Waals surface area contributed by atoms with E-state index in [-0.39, 0.29) is 4.90 Å². The lowest BCUT2D eigenvalue weighted by molar-refractivity contribution is -0.137. The molecule has 0 heterocycles. The minimum atomic E-state index is -4.51. The van der Waals surface area contributed by atoms with E-state index in [1.807, 2.05) is 0 Å². The van der Waals surface area contributed by atoms with Crippen molar-refractivity contribution in [1.29, 1.82) is 0 Å². The molecule has 130 valence electrons. The van der Waals surface area contributed by atoms with Crippen LogP contribution in [0.1, 0.15) is 26.3 Å². The van der Waals surface area contributed by atoms with E-state index in [4.69, 9.17) is 0 Å². The van der Waals surface area contributed by atoms with E-state index in [2.05, 4.69) is 0 Å². The predicted molar refractivity (Wildman–Crippen MR) is 87.3 cm³/mol. The Balaban J connectivity index is 2.54. The van der Waals surface area contributed by atoms with Crippen LogP contribution in [0.5, 0.6) is 0 Å². The zero-order valence-electron chi connectivity index (χ0n) is 13.5. The van der Waals surface area contributed by atoms with E-state index >= 15 is 0 Å². The maximum absolute atomic E-state index is 13.0. The number of sulfonamides is 1. The first kappa shape index (κ1) is 18.3. The third-order valence-electron chi connectivity index (χ3n) is 3.32. The van der Waals surface area contributed by atoms with E-state index in [0.29, 0.717) is 5.69 Å². The van der Waals surface area contributed by atoms with Gasteiger partial charge in [-0.3, -0.25) is 4.31 Å². The average Bonchev–Trinajstić information content (AvgIpc) is 2.46. The Hall–Kier alpha value is -2.02. The van der Waals surface area contributed by atoms with Crippen molar-refractivity contribution < 1.29 is 21.6 Å². The summed E-state index contributed by atoms with van der Waals surface area (Å²) in [5.41, 5.74) is -1.23. The highest BCUT2D eigenvalue weighted by Gasteiger charge is 2.35. The molecule has 0 aliphatic rings. The van der Waals surface area contributed by atoms with Gasteiger partial charge in [-0.1, -0.05) is 18.2 Å². The van der Waals surface area contributed by atoms with Crippen LogP contribution in [0.15, 0.2) is 59.5 Å². The summed E-state index contributed by atoms with van der Waals surface area (Å²) in [6, 6.07) is 12.0. The van der Waals surface area contributed by atoms with Gasteiger partial charge in [-0.05, 0) is 57.2 Å². The van der Waals surface area contributed by atoms with Crippen molar-refractivity contribution in [3.05, 3.63) is 60.2 Å². The van der Waals surface area contributed by atoms with Crippen molar-refractivity contribution in [3.8, 4) is 0 Å². The van der Waals surface area contributed by atoms with Gasteiger partial charge in [0.2, 0.25) is 0 Å². The maximum atomic E-state index is 13.0. The third kappa shape index (κ3) is 3.72. The number of halogens is 3. The minimum Gasteiger partial charge on any atom is -0.261 e. The van der Waals surface area contributed by atoms with Gasteiger partial charge in [-0.15, -0.1) is 0 Å². The molecule has 2 aromatic carbocycles. The molecule has 0 saturated heterocycles. The van der Waals surface area contributed by atoms with Gasteiger partial charge < -0.3 is 0 Å². The highest BCUT2D eigenvalue weighted by molar-refractivity contribution is 7.92. The molecule has 0 N–H and O–H groups in total. The van der Waals surface area contributed by atoms with E-state index < -0.39 is 27.3 Å². The van der Waals surface area contributed by atoms with Crippen LogP contribution < -0.4 is 4.31 Å². The van der Waals surface area contributed by atoms with Crippen molar-refractivity contribution in [2.24, 2.45) is 0 Å². The lowest BCUT2D eigenvalue weighted by Crippen LogP contribution is -2.45. The van der Waals surface area contributed by atoms with E-state index in [1.165, 1.54) is 4.31 Å². The second kappa shape index (κ2) is 6.12. The summed E-state index contributed by atoms with van der Waals surface area (Å²) >= 11 is 0. The van der Waals surface area contributed by atoms with E-state index in [1.54, 1.807) is 51.1 Å². The summed E-state index contributed by atoms with van der Waals surface area (Å²) in [5, 5.41) is 0. The zero-order valence-corrected chi connectivity index (χ0v) is 14.3. The van der Waals surface area contributed by atoms with Crippen molar-refractivity contribution >= 4 is 15.7 Å². The average molecular weight is 357 g/mol. The van der Waals surface area contributed by atoms with Gasteiger partial charge in [0.05, 0.1) is 16.1 Å².